The molecule has 0 saturated carbocycles. The standard InChI is InChI=1S/C19H19ClN4O/c1-22-8-7-18(25-19-10-16(20)5-3-14(19)11-21)13-4-6-17-15(9-13)12-24(2)23-17/h3-6,9-10,12,18,22H,7-8H2,1-2H3. The summed E-state index contributed by atoms with van der Waals surface area (Å²) in [6, 6.07) is 13.3. The van der Waals surface area contributed by atoms with Crippen molar-refractivity contribution in [2.75, 3.05) is 13.6 Å². The summed E-state index contributed by atoms with van der Waals surface area (Å²) in [6.07, 6.45) is 2.55. The summed E-state index contributed by atoms with van der Waals surface area (Å²) < 4.78 is 7.98. The molecule has 0 amide bonds. The van der Waals surface area contributed by atoms with Gasteiger partial charge in [0.15, 0.2) is 0 Å². The molecule has 25 heavy (non-hydrogen) atoms. The van der Waals surface area contributed by atoms with Crippen LogP contribution < -0.4 is 10.1 Å². The molecule has 3 rings (SSSR count). The van der Waals surface area contributed by atoms with Gasteiger partial charge in [0.2, 0.25) is 0 Å². The fourth-order valence-electron chi connectivity index (χ4n) is 2.78. The predicted molar refractivity (Wildman–Crippen MR) is 98.8 cm³/mol. The molecule has 0 bridgehead atoms. The summed E-state index contributed by atoms with van der Waals surface area (Å²) in [6.45, 7) is 0.790. The zero-order valence-electron chi connectivity index (χ0n) is 14.2. The first-order valence-corrected chi connectivity index (χ1v) is 8.42. The Labute approximate surface area is 151 Å². The Balaban J connectivity index is 1.96. The van der Waals surface area contributed by atoms with Crippen molar-refractivity contribution in [2.45, 2.75) is 12.5 Å². The Hall–Kier alpha value is -2.55. The monoisotopic (exact) mass is 354 g/mol. The number of benzene rings is 2. The van der Waals surface area contributed by atoms with Crippen LogP contribution in [-0.2, 0) is 7.05 Å². The molecule has 1 heterocycles. The Morgan fingerprint density at radius 2 is 2.16 bits per heavy atom. The van der Waals surface area contributed by atoms with Gasteiger partial charge in [-0.25, -0.2) is 0 Å². The number of hydrogen-bond donors (Lipinski definition) is 1. The predicted octanol–water partition coefficient (Wildman–Crippen LogP) is 3.83. The summed E-state index contributed by atoms with van der Waals surface area (Å²) >= 11 is 6.08. The van der Waals surface area contributed by atoms with E-state index in [9.17, 15) is 5.26 Å². The molecule has 1 aromatic heterocycles. The van der Waals surface area contributed by atoms with E-state index in [1.165, 1.54) is 0 Å². The Kier molecular flexibility index (Phi) is 5.22. The molecule has 0 saturated heterocycles. The highest BCUT2D eigenvalue weighted by Crippen LogP contribution is 2.30. The van der Waals surface area contributed by atoms with Gasteiger partial charge in [0.05, 0.1) is 11.1 Å². The van der Waals surface area contributed by atoms with Crippen molar-refractivity contribution < 1.29 is 4.74 Å². The van der Waals surface area contributed by atoms with Crippen molar-refractivity contribution in [2.24, 2.45) is 7.05 Å². The molecular formula is C19H19ClN4O. The molecule has 0 aliphatic rings. The lowest BCUT2D eigenvalue weighted by molar-refractivity contribution is 0.194. The van der Waals surface area contributed by atoms with E-state index in [4.69, 9.17) is 16.3 Å². The van der Waals surface area contributed by atoms with Crippen LogP contribution in [0.25, 0.3) is 10.9 Å². The van der Waals surface area contributed by atoms with Crippen molar-refractivity contribution in [1.82, 2.24) is 15.1 Å². The van der Waals surface area contributed by atoms with E-state index in [0.29, 0.717) is 16.3 Å². The van der Waals surface area contributed by atoms with Gasteiger partial charge in [-0.1, -0.05) is 17.7 Å². The normalized spacial score (nSPS) is 12.1. The van der Waals surface area contributed by atoms with Crippen molar-refractivity contribution in [1.29, 1.82) is 5.26 Å². The summed E-state index contributed by atoms with van der Waals surface area (Å²) in [7, 11) is 3.81. The summed E-state index contributed by atoms with van der Waals surface area (Å²) in [5, 5.41) is 18.5. The first-order valence-electron chi connectivity index (χ1n) is 8.05. The molecule has 0 radical (unpaired) electrons. The topological polar surface area (TPSA) is 62.9 Å². The van der Waals surface area contributed by atoms with Gasteiger partial charge in [0, 0.05) is 36.1 Å². The third-order valence-corrected chi connectivity index (χ3v) is 4.24. The molecule has 3 aromatic rings. The van der Waals surface area contributed by atoms with Crippen LogP contribution in [0.4, 0.5) is 0 Å². The number of fused-ring (bicyclic) bond motifs is 1. The second kappa shape index (κ2) is 7.56. The molecule has 1 atom stereocenters. The summed E-state index contributed by atoms with van der Waals surface area (Å²) in [5.74, 6) is 0.502. The molecule has 0 fully saturated rings. The first kappa shape index (κ1) is 17.3. The van der Waals surface area contributed by atoms with Crippen molar-refractivity contribution in [3.8, 4) is 11.8 Å². The van der Waals surface area contributed by atoms with E-state index in [0.717, 1.165) is 29.4 Å². The van der Waals surface area contributed by atoms with Crippen LogP contribution in [-0.4, -0.2) is 23.4 Å². The lowest BCUT2D eigenvalue weighted by atomic mass is 10.0. The SMILES string of the molecule is CNCCC(Oc1cc(Cl)ccc1C#N)c1ccc2nn(C)cc2c1. The van der Waals surface area contributed by atoms with Crippen LogP contribution in [0, 0.1) is 11.3 Å². The molecule has 1 unspecified atom stereocenters. The lowest BCUT2D eigenvalue weighted by Gasteiger charge is -2.20. The number of nitriles is 1. The fourth-order valence-corrected chi connectivity index (χ4v) is 2.94. The van der Waals surface area contributed by atoms with E-state index in [2.05, 4.69) is 22.6 Å². The second-order valence-corrected chi connectivity index (χ2v) is 6.31. The summed E-state index contributed by atoms with van der Waals surface area (Å²) in [4.78, 5) is 0. The van der Waals surface area contributed by atoms with E-state index < -0.39 is 0 Å². The Morgan fingerprint density at radius 1 is 1.32 bits per heavy atom. The summed E-state index contributed by atoms with van der Waals surface area (Å²) in [5.41, 5.74) is 2.46. The highest BCUT2D eigenvalue weighted by atomic mass is 35.5. The van der Waals surface area contributed by atoms with Crippen LogP contribution in [0.5, 0.6) is 5.75 Å². The van der Waals surface area contributed by atoms with Gasteiger partial charge < -0.3 is 10.1 Å². The Morgan fingerprint density at radius 3 is 2.92 bits per heavy atom. The smallest absolute Gasteiger partial charge is 0.139 e. The number of aryl methyl sites for hydroxylation is 1. The minimum Gasteiger partial charge on any atom is -0.484 e. The minimum absolute atomic E-state index is 0.192. The van der Waals surface area contributed by atoms with Crippen LogP contribution in [0.15, 0.2) is 42.6 Å². The minimum atomic E-state index is -0.192. The van der Waals surface area contributed by atoms with Gasteiger partial charge in [-0.15, -0.1) is 0 Å². The highest BCUT2D eigenvalue weighted by molar-refractivity contribution is 6.30. The zero-order chi connectivity index (χ0) is 17.8. The lowest BCUT2D eigenvalue weighted by Crippen LogP contribution is -2.16. The molecule has 2 aromatic carbocycles. The molecule has 1 N–H and O–H groups in total. The number of halogens is 1. The van der Waals surface area contributed by atoms with Crippen molar-refractivity contribution >= 4 is 22.5 Å². The zero-order valence-corrected chi connectivity index (χ0v) is 14.9. The molecule has 0 aliphatic heterocycles. The number of hydrogen-bond acceptors (Lipinski definition) is 4. The molecule has 0 aliphatic carbocycles. The molecule has 0 spiro atoms. The van der Waals surface area contributed by atoms with Crippen LogP contribution in [0.1, 0.15) is 23.7 Å². The third kappa shape index (κ3) is 3.93. The molecule has 6 heteroatoms. The maximum Gasteiger partial charge on any atom is 0.139 e. The van der Waals surface area contributed by atoms with Crippen molar-refractivity contribution in [3.63, 3.8) is 0 Å². The number of rotatable bonds is 6. The first-order chi connectivity index (χ1) is 12.1. The van der Waals surface area contributed by atoms with Crippen LogP contribution >= 0.6 is 11.6 Å². The maximum absolute atomic E-state index is 9.32. The van der Waals surface area contributed by atoms with E-state index in [1.807, 2.05) is 32.4 Å². The molecule has 5 nitrogen and oxygen atoms in total. The number of nitrogens with one attached hydrogen (secondary N) is 1. The number of ether oxygens (including phenoxy) is 1. The van der Waals surface area contributed by atoms with Gasteiger partial charge in [0.1, 0.15) is 17.9 Å². The number of aromatic nitrogens is 2. The van der Waals surface area contributed by atoms with Gasteiger partial charge in [0.25, 0.3) is 0 Å². The van der Waals surface area contributed by atoms with Gasteiger partial charge in [-0.3, -0.25) is 4.68 Å². The maximum atomic E-state index is 9.32. The average Bonchev–Trinajstić information content (AvgIpc) is 2.97. The van der Waals surface area contributed by atoms with Crippen LogP contribution in [0.3, 0.4) is 0 Å². The number of nitrogens with zero attached hydrogens (tertiary/aromatic N) is 3. The van der Waals surface area contributed by atoms with Gasteiger partial charge in [-0.2, -0.15) is 10.4 Å². The largest absolute Gasteiger partial charge is 0.484 e. The quantitative estimate of drug-likeness (QED) is 0.730. The fraction of sp³-hybridized carbons (Fsp3) is 0.263. The van der Waals surface area contributed by atoms with Gasteiger partial charge >= 0.3 is 0 Å². The van der Waals surface area contributed by atoms with E-state index in [1.54, 1.807) is 22.9 Å². The third-order valence-electron chi connectivity index (χ3n) is 4.00. The van der Waals surface area contributed by atoms with E-state index >= 15 is 0 Å². The van der Waals surface area contributed by atoms with E-state index in [-0.39, 0.29) is 6.10 Å². The highest BCUT2D eigenvalue weighted by Gasteiger charge is 2.17. The average molecular weight is 355 g/mol. The van der Waals surface area contributed by atoms with Gasteiger partial charge in [-0.05, 0) is 43.4 Å². The molecule has 128 valence electrons. The Bertz CT molecular complexity index is 929. The van der Waals surface area contributed by atoms with Crippen molar-refractivity contribution in [3.05, 3.63) is 58.7 Å². The second-order valence-electron chi connectivity index (χ2n) is 5.87. The molecular weight excluding hydrogens is 336 g/mol. The van der Waals surface area contributed by atoms with Crippen LogP contribution in [0.2, 0.25) is 5.02 Å².